The Morgan fingerprint density at radius 1 is 1.31 bits per heavy atom. The average Bonchev–Trinajstić information content (AvgIpc) is 2.72. The van der Waals surface area contributed by atoms with Crippen LogP contribution in [-0.2, 0) is 7.05 Å². The quantitative estimate of drug-likeness (QED) is 0.711. The zero-order valence-corrected chi connectivity index (χ0v) is 9.35. The first kappa shape index (κ1) is 9.60. The van der Waals surface area contributed by atoms with E-state index in [1.54, 1.807) is 0 Å². The lowest BCUT2D eigenvalue weighted by Gasteiger charge is -2.13. The lowest BCUT2D eigenvalue weighted by atomic mass is 9.99. The van der Waals surface area contributed by atoms with E-state index in [2.05, 4.69) is 34.7 Å². The van der Waals surface area contributed by atoms with Crippen molar-refractivity contribution in [3.63, 3.8) is 0 Å². The summed E-state index contributed by atoms with van der Waals surface area (Å²) in [7, 11) is 1.98. The minimum atomic E-state index is 0.860. The molecule has 0 saturated carbocycles. The normalized spacial score (nSPS) is 16.4. The zero-order valence-electron chi connectivity index (χ0n) is 9.35. The highest BCUT2D eigenvalue weighted by Crippen LogP contribution is 2.23. The van der Waals surface area contributed by atoms with Gasteiger partial charge in [0, 0.05) is 25.5 Å². The van der Waals surface area contributed by atoms with Crippen molar-refractivity contribution < 1.29 is 0 Å². The minimum Gasteiger partial charge on any atom is -0.268 e. The molecular formula is C13H14N3. The van der Waals surface area contributed by atoms with Gasteiger partial charge >= 0.3 is 0 Å². The first-order valence-corrected chi connectivity index (χ1v) is 5.59. The smallest absolute Gasteiger partial charge is 0.0685 e. The number of nitrogens with zero attached hydrogens (tertiary/aromatic N) is 3. The minimum absolute atomic E-state index is 0.860. The van der Waals surface area contributed by atoms with Gasteiger partial charge in [-0.15, -0.1) is 0 Å². The largest absolute Gasteiger partial charge is 0.268 e. The Morgan fingerprint density at radius 3 is 3.06 bits per heavy atom. The van der Waals surface area contributed by atoms with E-state index in [4.69, 9.17) is 0 Å². The van der Waals surface area contributed by atoms with E-state index in [-0.39, 0.29) is 0 Å². The van der Waals surface area contributed by atoms with Gasteiger partial charge in [-0.1, -0.05) is 18.2 Å². The number of fused-ring (bicyclic) bond motifs is 1. The fraction of sp³-hybridized carbons (Fsp3) is 0.308. The van der Waals surface area contributed by atoms with Crippen LogP contribution in [0.3, 0.4) is 0 Å². The molecule has 1 radical (unpaired) electrons. The van der Waals surface area contributed by atoms with Gasteiger partial charge in [0.05, 0.1) is 11.7 Å². The van der Waals surface area contributed by atoms with E-state index < -0.39 is 0 Å². The average molecular weight is 212 g/mol. The van der Waals surface area contributed by atoms with Crippen LogP contribution in [0.25, 0.3) is 16.5 Å². The van der Waals surface area contributed by atoms with Crippen molar-refractivity contribution in [3.8, 4) is 0 Å². The maximum absolute atomic E-state index is 4.33. The third-order valence-corrected chi connectivity index (χ3v) is 3.13. The van der Waals surface area contributed by atoms with Crippen molar-refractivity contribution in [1.82, 2.24) is 15.1 Å². The van der Waals surface area contributed by atoms with Crippen LogP contribution in [-0.4, -0.2) is 22.9 Å². The molecule has 1 aromatic carbocycles. The van der Waals surface area contributed by atoms with Gasteiger partial charge in [0.1, 0.15) is 0 Å². The van der Waals surface area contributed by atoms with Crippen molar-refractivity contribution in [1.29, 1.82) is 0 Å². The van der Waals surface area contributed by atoms with Crippen molar-refractivity contribution in [2.75, 3.05) is 13.1 Å². The van der Waals surface area contributed by atoms with Gasteiger partial charge in [-0.3, -0.25) is 4.68 Å². The van der Waals surface area contributed by atoms with Crippen molar-refractivity contribution in [2.45, 2.75) is 6.42 Å². The Kier molecular flexibility index (Phi) is 2.26. The zero-order chi connectivity index (χ0) is 11.0. The number of hydrogen-bond donors (Lipinski definition) is 0. The van der Waals surface area contributed by atoms with E-state index >= 15 is 0 Å². The fourth-order valence-corrected chi connectivity index (χ4v) is 2.17. The molecule has 1 aliphatic heterocycles. The van der Waals surface area contributed by atoms with Crippen molar-refractivity contribution >= 4 is 16.5 Å². The van der Waals surface area contributed by atoms with Crippen LogP contribution in [0.5, 0.6) is 0 Å². The molecule has 0 aliphatic carbocycles. The predicted octanol–water partition coefficient (Wildman–Crippen LogP) is 1.96. The van der Waals surface area contributed by atoms with Gasteiger partial charge in [-0.2, -0.15) is 5.10 Å². The summed E-state index contributed by atoms with van der Waals surface area (Å²) in [5.41, 5.74) is 3.92. The summed E-state index contributed by atoms with van der Waals surface area (Å²) in [6.45, 7) is 1.81. The molecule has 16 heavy (non-hydrogen) atoms. The predicted molar refractivity (Wildman–Crippen MR) is 65.2 cm³/mol. The Balaban J connectivity index is 2.10. The second-order valence-electron chi connectivity index (χ2n) is 4.15. The van der Waals surface area contributed by atoms with Gasteiger partial charge in [0.15, 0.2) is 0 Å². The second kappa shape index (κ2) is 3.76. The van der Waals surface area contributed by atoms with E-state index in [9.17, 15) is 0 Å². The van der Waals surface area contributed by atoms with Crippen molar-refractivity contribution in [3.05, 3.63) is 36.0 Å². The molecule has 0 atom stereocenters. The highest BCUT2D eigenvalue weighted by molar-refractivity contribution is 5.83. The number of aromatic nitrogens is 2. The van der Waals surface area contributed by atoms with Crippen LogP contribution in [0.15, 0.2) is 30.5 Å². The topological polar surface area (TPSA) is 31.9 Å². The highest BCUT2D eigenvalue weighted by atomic mass is 15.2. The maximum Gasteiger partial charge on any atom is 0.0685 e. The Labute approximate surface area is 94.8 Å². The van der Waals surface area contributed by atoms with Crippen LogP contribution in [0.1, 0.15) is 12.0 Å². The SMILES string of the molecule is Cn1ncc2ccc(C3=CC[N]CC3)cc21. The van der Waals surface area contributed by atoms with E-state index in [1.165, 1.54) is 22.0 Å². The number of rotatable bonds is 1. The molecule has 2 aromatic rings. The molecule has 0 N–H and O–H groups in total. The Hall–Kier alpha value is -1.61. The summed E-state index contributed by atoms with van der Waals surface area (Å²) in [6.07, 6.45) is 5.19. The fourth-order valence-electron chi connectivity index (χ4n) is 2.17. The molecular weight excluding hydrogens is 198 g/mol. The summed E-state index contributed by atoms with van der Waals surface area (Å²) in [5, 5.41) is 9.79. The number of hydrogen-bond acceptors (Lipinski definition) is 1. The first-order chi connectivity index (χ1) is 7.84. The van der Waals surface area contributed by atoms with Crippen LogP contribution in [0.2, 0.25) is 0 Å². The summed E-state index contributed by atoms with van der Waals surface area (Å²) >= 11 is 0. The van der Waals surface area contributed by atoms with Gasteiger partial charge < -0.3 is 0 Å². The molecule has 0 fully saturated rings. The van der Waals surface area contributed by atoms with E-state index in [0.29, 0.717) is 0 Å². The summed E-state index contributed by atoms with van der Waals surface area (Å²) in [5.74, 6) is 0. The van der Waals surface area contributed by atoms with Gasteiger partial charge in [-0.25, -0.2) is 5.32 Å². The molecule has 3 nitrogen and oxygen atoms in total. The molecule has 1 aromatic heterocycles. The highest BCUT2D eigenvalue weighted by Gasteiger charge is 2.08. The standard InChI is InChI=1S/C13H14N3/c1-16-13-8-11(2-3-12(13)9-15-16)10-4-6-14-7-5-10/h2-4,8-9H,5-7H2,1H3. The monoisotopic (exact) mass is 212 g/mol. The molecule has 1 aliphatic rings. The Bertz CT molecular complexity index is 551. The third kappa shape index (κ3) is 1.53. The lowest BCUT2D eigenvalue weighted by Crippen LogP contribution is -2.12. The number of aryl methyl sites for hydroxylation is 1. The number of benzene rings is 1. The van der Waals surface area contributed by atoms with Crippen LogP contribution < -0.4 is 5.32 Å². The van der Waals surface area contributed by atoms with Gasteiger partial charge in [-0.05, 0) is 23.6 Å². The first-order valence-electron chi connectivity index (χ1n) is 5.59. The summed E-state index contributed by atoms with van der Waals surface area (Å²) in [4.78, 5) is 0. The molecule has 0 spiro atoms. The molecule has 3 heteroatoms. The molecule has 0 bridgehead atoms. The molecule has 0 unspecified atom stereocenters. The second-order valence-corrected chi connectivity index (χ2v) is 4.15. The van der Waals surface area contributed by atoms with Crippen LogP contribution >= 0.6 is 0 Å². The maximum atomic E-state index is 4.33. The molecule has 3 rings (SSSR count). The third-order valence-electron chi connectivity index (χ3n) is 3.13. The molecule has 0 saturated heterocycles. The van der Waals surface area contributed by atoms with Crippen LogP contribution in [0, 0.1) is 0 Å². The molecule has 2 heterocycles. The van der Waals surface area contributed by atoms with Gasteiger partial charge in [0.25, 0.3) is 0 Å². The Morgan fingerprint density at radius 2 is 2.25 bits per heavy atom. The van der Waals surface area contributed by atoms with Gasteiger partial charge in [0.2, 0.25) is 0 Å². The van der Waals surface area contributed by atoms with Crippen LogP contribution in [0.4, 0.5) is 0 Å². The van der Waals surface area contributed by atoms with E-state index in [1.807, 2.05) is 17.9 Å². The molecule has 0 amide bonds. The summed E-state index contributed by atoms with van der Waals surface area (Å²) < 4.78 is 1.92. The summed E-state index contributed by atoms with van der Waals surface area (Å²) in [6, 6.07) is 6.55. The van der Waals surface area contributed by atoms with E-state index in [0.717, 1.165) is 19.5 Å². The molecule has 81 valence electrons. The van der Waals surface area contributed by atoms with Crippen molar-refractivity contribution in [2.24, 2.45) is 7.05 Å². The lowest BCUT2D eigenvalue weighted by molar-refractivity contribution is 0.723.